The normalized spacial score (nSPS) is 14.5. The zero-order valence-electron chi connectivity index (χ0n) is 26.8. The Morgan fingerprint density at radius 3 is 1.60 bits per heavy atom. The van der Waals surface area contributed by atoms with Crippen molar-refractivity contribution in [1.29, 1.82) is 0 Å². The fourth-order valence-electron chi connectivity index (χ4n) is 5.67. The second-order valence-corrected chi connectivity index (χ2v) is 11.5. The van der Waals surface area contributed by atoms with Gasteiger partial charge in [0.1, 0.15) is 39.7 Å². The molecule has 2 aliphatic carbocycles. The predicted octanol–water partition coefficient (Wildman–Crippen LogP) is 6.17. The first-order chi connectivity index (χ1) is 24.9. The van der Waals surface area contributed by atoms with E-state index in [-0.39, 0.29) is 45.1 Å². The molecule has 0 aromatic heterocycles. The highest BCUT2D eigenvalue weighted by Crippen LogP contribution is 2.36. The number of ether oxygens (including phenoxy) is 1. The Bertz CT molecular complexity index is 2370. The topological polar surface area (TPSA) is 196 Å². The van der Waals surface area contributed by atoms with Gasteiger partial charge in [0, 0.05) is 0 Å². The third-order valence-electron chi connectivity index (χ3n) is 8.17. The van der Waals surface area contributed by atoms with Crippen LogP contribution in [0.15, 0.2) is 144 Å². The molecule has 4 aromatic carbocycles. The maximum absolute atomic E-state index is 13.5. The van der Waals surface area contributed by atoms with Crippen molar-refractivity contribution < 1.29 is 54.2 Å². The second kappa shape index (κ2) is 14.1. The Morgan fingerprint density at radius 2 is 1.02 bits per heavy atom. The molecule has 6 rings (SSSR count). The Kier molecular flexibility index (Phi) is 9.34. The van der Waals surface area contributed by atoms with E-state index in [4.69, 9.17) is 4.74 Å². The summed E-state index contributed by atoms with van der Waals surface area (Å²) in [5, 5.41) is 49.9. The minimum Gasteiger partial charge on any atom is -0.508 e. The first kappa shape index (κ1) is 34.3. The summed E-state index contributed by atoms with van der Waals surface area (Å²) < 4.78 is 5.62. The number of allylic oxidation sites excluding steroid dienone is 9. The molecule has 256 valence electrons. The van der Waals surface area contributed by atoms with Gasteiger partial charge in [0.25, 0.3) is 0 Å². The number of hydrogen-bond acceptors (Lipinski definition) is 9. The lowest BCUT2D eigenvalue weighted by molar-refractivity contribution is -0.134. The van der Waals surface area contributed by atoms with Crippen molar-refractivity contribution in [1.82, 2.24) is 0 Å². The van der Waals surface area contributed by atoms with Crippen molar-refractivity contribution in [3.8, 4) is 23.0 Å². The molecule has 0 unspecified atom stereocenters. The molecule has 4 aromatic rings. The van der Waals surface area contributed by atoms with Gasteiger partial charge in [-0.25, -0.2) is 14.4 Å². The van der Waals surface area contributed by atoms with Crippen LogP contribution in [-0.2, 0) is 14.4 Å². The molecule has 11 nitrogen and oxygen atoms in total. The summed E-state index contributed by atoms with van der Waals surface area (Å²) in [5.74, 6) is -5.59. The molecule has 5 N–H and O–H groups in total. The van der Waals surface area contributed by atoms with E-state index in [2.05, 4.69) is 0 Å². The largest absolute Gasteiger partial charge is 0.508 e. The third-order valence-corrected chi connectivity index (χ3v) is 8.17. The number of benzene rings is 4. The highest BCUT2D eigenvalue weighted by molar-refractivity contribution is 6.23. The number of ketones is 2. The number of aromatic carboxylic acids is 1. The zero-order valence-corrected chi connectivity index (χ0v) is 26.8. The molecular formula is C41H26O11. The molecule has 0 radical (unpaired) electrons. The summed E-state index contributed by atoms with van der Waals surface area (Å²) in [6.45, 7) is 0. The first-order valence-corrected chi connectivity index (χ1v) is 15.5. The maximum Gasteiger partial charge on any atom is 0.347 e. The molecule has 0 amide bonds. The van der Waals surface area contributed by atoms with Crippen LogP contribution in [-0.4, -0.2) is 55.0 Å². The van der Waals surface area contributed by atoms with E-state index in [0.717, 1.165) is 41.0 Å². The van der Waals surface area contributed by atoms with Crippen LogP contribution in [0, 0.1) is 0 Å². The van der Waals surface area contributed by atoms with E-state index in [9.17, 15) is 49.5 Å². The van der Waals surface area contributed by atoms with E-state index >= 15 is 0 Å². The lowest BCUT2D eigenvalue weighted by Gasteiger charge is -2.17. The summed E-state index contributed by atoms with van der Waals surface area (Å²) in [7, 11) is 0. The second-order valence-electron chi connectivity index (χ2n) is 11.5. The zero-order chi connectivity index (χ0) is 37.1. The van der Waals surface area contributed by atoms with E-state index in [1.807, 2.05) is 0 Å². The predicted molar refractivity (Wildman–Crippen MR) is 188 cm³/mol. The number of carbonyl (C=O) groups excluding carboxylic acids is 3. The van der Waals surface area contributed by atoms with Crippen molar-refractivity contribution in [2.75, 3.05) is 0 Å². The molecule has 11 heteroatoms. The van der Waals surface area contributed by atoms with Crippen LogP contribution < -0.4 is 4.74 Å². The molecular weight excluding hydrogens is 668 g/mol. The van der Waals surface area contributed by atoms with Crippen LogP contribution in [0.1, 0.15) is 43.0 Å². The average molecular weight is 695 g/mol. The molecule has 0 saturated carbocycles. The highest BCUT2D eigenvalue weighted by atomic mass is 16.5. The van der Waals surface area contributed by atoms with E-state index < -0.39 is 46.3 Å². The van der Waals surface area contributed by atoms with Crippen molar-refractivity contribution in [2.45, 2.75) is 0 Å². The fraction of sp³-hybridized carbons (Fsp3) is 0. The van der Waals surface area contributed by atoms with Crippen molar-refractivity contribution in [2.24, 2.45) is 0 Å². The molecule has 2 aliphatic rings. The first-order valence-electron chi connectivity index (χ1n) is 15.5. The summed E-state index contributed by atoms with van der Waals surface area (Å²) in [5.41, 5.74) is 2.39. The number of carboxylic acids is 2. The number of hydrogen-bond donors (Lipinski definition) is 5. The maximum atomic E-state index is 13.5. The highest BCUT2D eigenvalue weighted by Gasteiger charge is 2.24. The number of esters is 1. The summed E-state index contributed by atoms with van der Waals surface area (Å²) in [4.78, 5) is 61.2. The van der Waals surface area contributed by atoms with Gasteiger partial charge in [-0.3, -0.25) is 9.59 Å². The van der Waals surface area contributed by atoms with Crippen LogP contribution in [0.3, 0.4) is 0 Å². The van der Waals surface area contributed by atoms with Crippen LogP contribution >= 0.6 is 0 Å². The Balaban J connectivity index is 1.37. The minimum atomic E-state index is -1.49. The van der Waals surface area contributed by atoms with Gasteiger partial charge in [0.15, 0.2) is 11.6 Å². The van der Waals surface area contributed by atoms with Gasteiger partial charge < -0.3 is 30.3 Å². The number of carboxylic acid groups (broad SMARTS) is 2. The molecule has 0 fully saturated rings. The minimum absolute atomic E-state index is 0.0794. The van der Waals surface area contributed by atoms with Gasteiger partial charge in [0.05, 0.1) is 0 Å². The van der Waals surface area contributed by atoms with Crippen molar-refractivity contribution in [3.05, 3.63) is 178 Å². The molecule has 0 aliphatic heterocycles. The van der Waals surface area contributed by atoms with E-state index in [1.54, 1.807) is 36.4 Å². The lowest BCUT2D eigenvalue weighted by Crippen LogP contribution is -2.13. The number of carbonyl (C=O) groups is 5. The molecule has 52 heavy (non-hydrogen) atoms. The Hall–Kier alpha value is -7.53. The Morgan fingerprint density at radius 1 is 0.519 bits per heavy atom. The summed E-state index contributed by atoms with van der Waals surface area (Å²) in [6, 6.07) is 20.6. The van der Waals surface area contributed by atoms with Crippen LogP contribution in [0.5, 0.6) is 23.0 Å². The quantitative estimate of drug-likeness (QED) is 0.0804. The van der Waals surface area contributed by atoms with Gasteiger partial charge in [0.2, 0.25) is 0 Å². The monoisotopic (exact) mass is 694 g/mol. The van der Waals surface area contributed by atoms with Gasteiger partial charge in [-0.15, -0.1) is 0 Å². The molecule has 0 saturated heterocycles. The fourth-order valence-corrected chi connectivity index (χ4v) is 5.67. The number of rotatable bonds is 8. The molecule has 0 bridgehead atoms. The molecule has 0 spiro atoms. The van der Waals surface area contributed by atoms with Crippen molar-refractivity contribution >= 4 is 40.6 Å². The molecule has 0 heterocycles. The number of phenolic OH excluding ortho intramolecular Hbond substituents is 2. The SMILES string of the molecule is O=C1C=CC(=C(c2ccc(O)cc2)c2ccc(OC(=O)c3cc(C(=C4C=CC(=O)C(C(=O)O)=C4)c4ccc(O)c(C(=O)O)c4)ccc3O)cc2)C=C1. The Labute approximate surface area is 295 Å². The van der Waals surface area contributed by atoms with Crippen LogP contribution in [0.4, 0.5) is 0 Å². The standard InChI is InChI=1S/C41H26O11/c42-28-10-1-22(2-11-28)37(23-3-12-29(43)13-4-23)24-5-14-30(15-6-24)52-41(51)33-21-27(9-18-36(33)46)38(25-7-16-34(44)31(19-25)39(47)48)26-8-17-35(45)32(20-26)40(49)50/h1-21,42,44,46H,(H,47,48)(H,49,50). The smallest absolute Gasteiger partial charge is 0.347 e. The third kappa shape index (κ3) is 7.09. The summed E-state index contributed by atoms with van der Waals surface area (Å²) in [6.07, 6.45) is 9.72. The molecule has 0 atom stereocenters. The van der Waals surface area contributed by atoms with E-state index in [0.29, 0.717) is 5.56 Å². The van der Waals surface area contributed by atoms with Crippen molar-refractivity contribution in [3.63, 3.8) is 0 Å². The summed E-state index contributed by atoms with van der Waals surface area (Å²) >= 11 is 0. The van der Waals surface area contributed by atoms with Crippen LogP contribution in [0.25, 0.3) is 11.1 Å². The number of aromatic hydroxyl groups is 3. The average Bonchev–Trinajstić information content (AvgIpc) is 3.12. The lowest BCUT2D eigenvalue weighted by atomic mass is 9.87. The van der Waals surface area contributed by atoms with E-state index in [1.165, 1.54) is 66.8 Å². The van der Waals surface area contributed by atoms with Gasteiger partial charge in [-0.05, 0) is 117 Å². The van der Waals surface area contributed by atoms with Gasteiger partial charge in [-0.1, -0.05) is 54.6 Å². The number of aliphatic carboxylic acids is 1. The van der Waals surface area contributed by atoms with Gasteiger partial charge in [-0.2, -0.15) is 0 Å². The number of phenols is 3. The van der Waals surface area contributed by atoms with Gasteiger partial charge >= 0.3 is 17.9 Å². The van der Waals surface area contributed by atoms with Crippen LogP contribution in [0.2, 0.25) is 0 Å².